The van der Waals surface area contributed by atoms with Crippen LogP contribution < -0.4 is 0 Å². The van der Waals surface area contributed by atoms with Crippen LogP contribution in [0, 0.1) is 17.5 Å². The van der Waals surface area contributed by atoms with Crippen LogP contribution in [0.25, 0.3) is 0 Å². The lowest BCUT2D eigenvalue weighted by atomic mass is 9.98. The number of alkyl halides is 1. The number of hydrogen-bond acceptors (Lipinski definition) is 1. The van der Waals surface area contributed by atoms with Crippen LogP contribution in [-0.2, 0) is 12.8 Å². The smallest absolute Gasteiger partial charge is 0.161 e. The summed E-state index contributed by atoms with van der Waals surface area (Å²) in [4.78, 5) is 1.84. The number of hydrogen-bond donors (Lipinski definition) is 0. The molecule has 0 bridgehead atoms. The number of halogens is 4. The van der Waals surface area contributed by atoms with E-state index in [1.54, 1.807) is 11.3 Å². The van der Waals surface area contributed by atoms with Crippen LogP contribution in [0.1, 0.15) is 38.6 Å². The van der Waals surface area contributed by atoms with Crippen molar-refractivity contribution in [2.45, 2.75) is 30.5 Å². The van der Waals surface area contributed by atoms with Crippen LogP contribution in [0.15, 0.2) is 18.2 Å². The summed E-state index contributed by atoms with van der Waals surface area (Å²) in [6.45, 7) is 0. The zero-order valence-electron chi connectivity index (χ0n) is 10.6. The maximum absolute atomic E-state index is 13.8. The number of thiophene rings is 1. The first kappa shape index (κ1) is 14.1. The van der Waals surface area contributed by atoms with E-state index < -0.39 is 22.3 Å². The third kappa shape index (κ3) is 2.53. The molecule has 3 rings (SSSR count). The highest BCUT2D eigenvalue weighted by atomic mass is 79.9. The van der Waals surface area contributed by atoms with Crippen LogP contribution in [0.5, 0.6) is 0 Å². The molecular weight excluding hydrogens is 349 g/mol. The predicted octanol–water partition coefficient (Wildman–Crippen LogP) is 5.53. The normalized spacial score (nSPS) is 16.0. The van der Waals surface area contributed by atoms with E-state index in [1.807, 2.05) is 0 Å². The van der Waals surface area contributed by atoms with Crippen molar-refractivity contribution in [2.24, 2.45) is 0 Å². The zero-order valence-corrected chi connectivity index (χ0v) is 13.0. The van der Waals surface area contributed by atoms with Gasteiger partial charge in [-0.2, -0.15) is 0 Å². The molecule has 0 N–H and O–H groups in total. The summed E-state index contributed by atoms with van der Waals surface area (Å²) in [6, 6.07) is 3.59. The van der Waals surface area contributed by atoms with Crippen LogP contribution in [0.3, 0.4) is 0 Å². The Hall–Kier alpha value is -0.810. The molecule has 1 aromatic heterocycles. The molecule has 0 fully saturated rings. The first-order valence-electron chi connectivity index (χ1n) is 6.46. The van der Waals surface area contributed by atoms with E-state index in [0.717, 1.165) is 23.8 Å². The Labute approximate surface area is 127 Å². The molecule has 0 radical (unpaired) electrons. The Morgan fingerprint density at radius 2 is 1.65 bits per heavy atom. The van der Waals surface area contributed by atoms with Crippen LogP contribution in [0.2, 0.25) is 0 Å². The fraction of sp³-hybridized carbons (Fsp3) is 0.333. The van der Waals surface area contributed by atoms with Crippen molar-refractivity contribution < 1.29 is 13.2 Å². The molecule has 1 unspecified atom stereocenters. The summed E-state index contributed by atoms with van der Waals surface area (Å²) < 4.78 is 40.1. The molecule has 0 spiro atoms. The van der Waals surface area contributed by atoms with Crippen molar-refractivity contribution in [1.29, 1.82) is 0 Å². The molecule has 106 valence electrons. The Bertz CT molecular complexity index is 627. The zero-order chi connectivity index (χ0) is 14.3. The van der Waals surface area contributed by atoms with Gasteiger partial charge in [0.05, 0.1) is 4.83 Å². The van der Waals surface area contributed by atoms with Crippen molar-refractivity contribution in [3.63, 3.8) is 0 Å². The van der Waals surface area contributed by atoms with E-state index in [2.05, 4.69) is 22.0 Å². The maximum Gasteiger partial charge on any atom is 0.161 e. The first-order chi connectivity index (χ1) is 9.56. The second kappa shape index (κ2) is 5.53. The molecular formula is C15H12BrF3S. The summed E-state index contributed by atoms with van der Waals surface area (Å²) in [5.41, 5.74) is 1.45. The molecule has 1 aliphatic carbocycles. The average Bonchev–Trinajstić information content (AvgIpc) is 2.86. The molecule has 0 nitrogen and oxygen atoms in total. The molecule has 1 atom stereocenters. The quantitative estimate of drug-likeness (QED) is 0.488. The van der Waals surface area contributed by atoms with E-state index in [4.69, 9.17) is 0 Å². The van der Waals surface area contributed by atoms with E-state index in [-0.39, 0.29) is 5.56 Å². The second-order valence-electron chi connectivity index (χ2n) is 4.95. The van der Waals surface area contributed by atoms with Crippen LogP contribution >= 0.6 is 27.3 Å². The fourth-order valence-corrected chi connectivity index (χ4v) is 4.54. The van der Waals surface area contributed by atoms with Crippen molar-refractivity contribution in [2.75, 3.05) is 0 Å². The summed E-state index contributed by atoms with van der Waals surface area (Å²) in [5, 5.41) is 0. The van der Waals surface area contributed by atoms with Gasteiger partial charge >= 0.3 is 0 Å². The lowest BCUT2D eigenvalue weighted by molar-refractivity contribution is 0.491. The number of fused-ring (bicyclic) bond motifs is 1. The van der Waals surface area contributed by atoms with Crippen molar-refractivity contribution in [3.05, 3.63) is 56.5 Å². The standard InChI is InChI=1S/C15H12BrF3S/c16-15(9-6-11(18)12(19)7-10(9)17)14-5-8-3-1-2-4-13(8)20-14/h5-7,15H,1-4H2. The van der Waals surface area contributed by atoms with Gasteiger partial charge < -0.3 is 0 Å². The summed E-state index contributed by atoms with van der Waals surface area (Å²) in [5.74, 6) is -2.90. The molecule has 0 saturated carbocycles. The van der Waals surface area contributed by atoms with Gasteiger partial charge in [-0.05, 0) is 43.4 Å². The van der Waals surface area contributed by atoms with E-state index >= 15 is 0 Å². The first-order valence-corrected chi connectivity index (χ1v) is 8.19. The molecule has 5 heteroatoms. The second-order valence-corrected chi connectivity index (χ2v) is 7.04. The van der Waals surface area contributed by atoms with E-state index in [1.165, 1.54) is 23.3 Å². The summed E-state index contributed by atoms with van der Waals surface area (Å²) in [6.07, 6.45) is 4.46. The maximum atomic E-state index is 13.8. The number of aryl methyl sites for hydroxylation is 2. The summed E-state index contributed by atoms with van der Waals surface area (Å²) in [7, 11) is 0. The molecule has 2 aromatic rings. The predicted molar refractivity (Wildman–Crippen MR) is 78.0 cm³/mol. The molecule has 0 aliphatic heterocycles. The highest BCUT2D eigenvalue weighted by Gasteiger charge is 2.22. The van der Waals surface area contributed by atoms with Gasteiger partial charge in [0, 0.05) is 21.4 Å². The largest absolute Gasteiger partial charge is 0.207 e. The SMILES string of the molecule is Fc1cc(F)c(C(Br)c2cc3c(s2)CCCC3)cc1F. The number of benzene rings is 1. The van der Waals surface area contributed by atoms with Gasteiger partial charge in [0.25, 0.3) is 0 Å². The molecule has 1 heterocycles. The monoisotopic (exact) mass is 360 g/mol. The van der Waals surface area contributed by atoms with Gasteiger partial charge in [0.1, 0.15) is 5.82 Å². The van der Waals surface area contributed by atoms with E-state index in [9.17, 15) is 13.2 Å². The topological polar surface area (TPSA) is 0 Å². The lowest BCUT2D eigenvalue weighted by Gasteiger charge is -2.10. The van der Waals surface area contributed by atoms with Crippen molar-refractivity contribution in [1.82, 2.24) is 0 Å². The van der Waals surface area contributed by atoms with Gasteiger partial charge in [-0.3, -0.25) is 0 Å². The molecule has 1 aromatic carbocycles. The molecule has 0 saturated heterocycles. The third-order valence-electron chi connectivity index (χ3n) is 3.58. The van der Waals surface area contributed by atoms with Gasteiger partial charge in [0.15, 0.2) is 11.6 Å². The van der Waals surface area contributed by atoms with Gasteiger partial charge in [-0.1, -0.05) is 15.9 Å². The average molecular weight is 361 g/mol. The Morgan fingerprint density at radius 1 is 0.950 bits per heavy atom. The Morgan fingerprint density at radius 3 is 2.40 bits per heavy atom. The minimum absolute atomic E-state index is 0.141. The minimum atomic E-state index is -1.16. The van der Waals surface area contributed by atoms with Crippen LogP contribution in [0.4, 0.5) is 13.2 Å². The van der Waals surface area contributed by atoms with E-state index in [0.29, 0.717) is 6.07 Å². The minimum Gasteiger partial charge on any atom is -0.207 e. The Kier molecular flexibility index (Phi) is 3.91. The molecule has 1 aliphatic rings. The summed E-state index contributed by atoms with van der Waals surface area (Å²) >= 11 is 5.04. The van der Waals surface area contributed by atoms with Crippen molar-refractivity contribution >= 4 is 27.3 Å². The molecule has 20 heavy (non-hydrogen) atoms. The lowest BCUT2D eigenvalue weighted by Crippen LogP contribution is -1.98. The van der Waals surface area contributed by atoms with Gasteiger partial charge in [-0.15, -0.1) is 11.3 Å². The number of rotatable bonds is 2. The van der Waals surface area contributed by atoms with Gasteiger partial charge in [-0.25, -0.2) is 13.2 Å². The van der Waals surface area contributed by atoms with Gasteiger partial charge in [0.2, 0.25) is 0 Å². The Balaban J connectivity index is 1.98. The van der Waals surface area contributed by atoms with Crippen LogP contribution in [-0.4, -0.2) is 0 Å². The molecule has 0 amide bonds. The highest BCUT2D eigenvalue weighted by Crippen LogP contribution is 2.40. The third-order valence-corrected chi connectivity index (χ3v) is 6.17. The highest BCUT2D eigenvalue weighted by molar-refractivity contribution is 9.09. The van der Waals surface area contributed by atoms with Crippen molar-refractivity contribution in [3.8, 4) is 0 Å². The fourth-order valence-electron chi connectivity index (χ4n) is 2.52.